The third-order valence-electron chi connectivity index (χ3n) is 5.07. The first-order valence-corrected chi connectivity index (χ1v) is 14.5. The number of aryl methyl sites for hydroxylation is 2. The highest BCUT2D eigenvalue weighted by atomic mass is 35.5. The van der Waals surface area contributed by atoms with E-state index in [9.17, 15) is 21.6 Å². The SMILES string of the molecule is Cc1ccnc(NS(=O)(=O)c2ccc(NC(=O)CCCN(c3cc(Cl)ccc3C)S(C)(=O)=O)cc2)n1. The van der Waals surface area contributed by atoms with E-state index in [1.165, 1.54) is 34.8 Å². The standard InChI is InChI=1S/C23H26ClN5O5S2/c1-16-6-7-18(24)15-21(16)29(35(3,31)32)14-4-5-22(30)27-19-8-10-20(11-9-19)36(33,34)28-23-25-13-12-17(2)26-23/h6-13,15H,4-5,14H2,1-3H3,(H,27,30)(H,25,26,28). The van der Waals surface area contributed by atoms with Crippen LogP contribution in [0.1, 0.15) is 24.1 Å². The van der Waals surface area contributed by atoms with Crippen LogP contribution in [0.15, 0.2) is 59.6 Å². The summed E-state index contributed by atoms with van der Waals surface area (Å²) >= 11 is 6.04. The van der Waals surface area contributed by atoms with Gasteiger partial charge >= 0.3 is 0 Å². The molecule has 0 spiro atoms. The molecule has 1 heterocycles. The lowest BCUT2D eigenvalue weighted by Crippen LogP contribution is -2.32. The van der Waals surface area contributed by atoms with Crippen LogP contribution < -0.4 is 14.3 Å². The Hall–Kier alpha value is -3.22. The maximum absolute atomic E-state index is 12.6. The van der Waals surface area contributed by atoms with Crippen LogP contribution in [0.4, 0.5) is 17.3 Å². The molecule has 13 heteroatoms. The van der Waals surface area contributed by atoms with Crippen molar-refractivity contribution >= 4 is 54.9 Å². The number of rotatable bonds is 10. The molecule has 0 bridgehead atoms. The Labute approximate surface area is 215 Å². The molecule has 0 unspecified atom stereocenters. The van der Waals surface area contributed by atoms with Crippen molar-refractivity contribution in [3.63, 3.8) is 0 Å². The van der Waals surface area contributed by atoms with Gasteiger partial charge in [-0.25, -0.2) is 31.5 Å². The third kappa shape index (κ3) is 7.39. The quantitative estimate of drug-likeness (QED) is 0.391. The summed E-state index contributed by atoms with van der Waals surface area (Å²) in [6.45, 7) is 3.59. The fourth-order valence-corrected chi connectivity index (χ4v) is 5.45. The molecule has 0 aliphatic rings. The highest BCUT2D eigenvalue weighted by Crippen LogP contribution is 2.26. The number of nitrogens with zero attached hydrogens (tertiary/aromatic N) is 3. The molecule has 3 aromatic rings. The lowest BCUT2D eigenvalue weighted by Gasteiger charge is -2.24. The zero-order chi connectivity index (χ0) is 26.5. The van der Waals surface area contributed by atoms with Gasteiger partial charge in [0.1, 0.15) is 0 Å². The smallest absolute Gasteiger partial charge is 0.264 e. The molecule has 10 nitrogen and oxygen atoms in total. The number of anilines is 3. The van der Waals surface area contributed by atoms with E-state index in [-0.39, 0.29) is 36.1 Å². The molecule has 2 N–H and O–H groups in total. The Morgan fingerprint density at radius 3 is 2.36 bits per heavy atom. The Bertz CT molecular complexity index is 1460. The van der Waals surface area contributed by atoms with E-state index in [1.54, 1.807) is 38.1 Å². The first-order chi connectivity index (χ1) is 16.8. The second-order valence-electron chi connectivity index (χ2n) is 8.07. The third-order valence-corrected chi connectivity index (χ3v) is 7.83. The number of sulfonamides is 2. The van der Waals surface area contributed by atoms with Crippen LogP contribution in [0.5, 0.6) is 0 Å². The normalized spacial score (nSPS) is 11.7. The van der Waals surface area contributed by atoms with E-state index in [1.807, 2.05) is 0 Å². The van der Waals surface area contributed by atoms with Gasteiger partial charge in [0.25, 0.3) is 10.0 Å². The first kappa shape index (κ1) is 27.4. The molecule has 0 aliphatic heterocycles. The number of hydrogen-bond donors (Lipinski definition) is 2. The fourth-order valence-electron chi connectivity index (χ4n) is 3.32. The number of benzene rings is 2. The maximum Gasteiger partial charge on any atom is 0.264 e. The highest BCUT2D eigenvalue weighted by Gasteiger charge is 2.20. The minimum atomic E-state index is -3.91. The summed E-state index contributed by atoms with van der Waals surface area (Å²) in [5.41, 5.74) is 2.22. The summed E-state index contributed by atoms with van der Waals surface area (Å²) in [4.78, 5) is 20.3. The second-order valence-corrected chi connectivity index (χ2v) is 12.1. The van der Waals surface area contributed by atoms with E-state index in [2.05, 4.69) is 20.0 Å². The molecule has 0 aliphatic carbocycles. The van der Waals surface area contributed by atoms with Gasteiger partial charge < -0.3 is 5.32 Å². The van der Waals surface area contributed by atoms with Crippen LogP contribution in [0.3, 0.4) is 0 Å². The van der Waals surface area contributed by atoms with Crippen molar-refractivity contribution in [2.45, 2.75) is 31.6 Å². The fraction of sp³-hybridized carbons (Fsp3) is 0.261. The molecule has 192 valence electrons. The van der Waals surface area contributed by atoms with Crippen molar-refractivity contribution in [1.29, 1.82) is 0 Å². The van der Waals surface area contributed by atoms with E-state index >= 15 is 0 Å². The van der Waals surface area contributed by atoms with Crippen LogP contribution in [0, 0.1) is 13.8 Å². The predicted octanol–water partition coefficient (Wildman–Crippen LogP) is 3.73. The summed E-state index contributed by atoms with van der Waals surface area (Å²) in [6, 6.07) is 12.2. The Morgan fingerprint density at radius 2 is 1.72 bits per heavy atom. The monoisotopic (exact) mass is 551 g/mol. The largest absolute Gasteiger partial charge is 0.326 e. The van der Waals surface area contributed by atoms with Crippen LogP contribution in [-0.2, 0) is 24.8 Å². The summed E-state index contributed by atoms with van der Waals surface area (Å²) in [7, 11) is -7.49. The molecule has 1 aromatic heterocycles. The molecule has 0 saturated carbocycles. The van der Waals surface area contributed by atoms with Gasteiger partial charge in [0.15, 0.2) is 0 Å². The van der Waals surface area contributed by atoms with Gasteiger partial charge in [-0.3, -0.25) is 9.10 Å². The van der Waals surface area contributed by atoms with Crippen molar-refractivity contribution in [1.82, 2.24) is 9.97 Å². The van der Waals surface area contributed by atoms with Crippen molar-refractivity contribution in [2.75, 3.05) is 27.1 Å². The van der Waals surface area contributed by atoms with Gasteiger partial charge in [0.2, 0.25) is 21.9 Å². The van der Waals surface area contributed by atoms with Crippen molar-refractivity contribution in [3.8, 4) is 0 Å². The van der Waals surface area contributed by atoms with Crippen molar-refractivity contribution in [3.05, 3.63) is 71.0 Å². The molecule has 0 atom stereocenters. The summed E-state index contributed by atoms with van der Waals surface area (Å²) in [6.07, 6.45) is 2.86. The molecule has 2 aromatic carbocycles. The average molecular weight is 552 g/mol. The maximum atomic E-state index is 12.6. The highest BCUT2D eigenvalue weighted by molar-refractivity contribution is 7.92. The zero-order valence-electron chi connectivity index (χ0n) is 19.9. The topological polar surface area (TPSA) is 138 Å². The van der Waals surface area contributed by atoms with Crippen molar-refractivity contribution < 1.29 is 21.6 Å². The number of hydrogen-bond acceptors (Lipinski definition) is 7. The molecular formula is C23H26ClN5O5S2. The summed E-state index contributed by atoms with van der Waals surface area (Å²) in [5, 5.41) is 3.09. The molecular weight excluding hydrogens is 526 g/mol. The van der Waals surface area contributed by atoms with Crippen LogP contribution in [0.2, 0.25) is 5.02 Å². The lowest BCUT2D eigenvalue weighted by molar-refractivity contribution is -0.116. The van der Waals surface area contributed by atoms with Gasteiger partial charge in [0.05, 0.1) is 16.8 Å². The minimum Gasteiger partial charge on any atom is -0.326 e. The summed E-state index contributed by atoms with van der Waals surface area (Å²) in [5.74, 6) is -0.378. The van der Waals surface area contributed by atoms with Crippen LogP contribution >= 0.6 is 11.6 Å². The Kier molecular flexibility index (Phi) is 8.54. The number of halogens is 1. The average Bonchev–Trinajstić information content (AvgIpc) is 2.78. The van der Waals surface area contributed by atoms with E-state index in [0.717, 1.165) is 11.8 Å². The van der Waals surface area contributed by atoms with Gasteiger partial charge in [0, 0.05) is 35.6 Å². The Balaban J connectivity index is 1.59. The minimum absolute atomic E-state index is 0.0220. The zero-order valence-corrected chi connectivity index (χ0v) is 22.3. The van der Waals surface area contributed by atoms with Gasteiger partial charge in [-0.1, -0.05) is 17.7 Å². The van der Waals surface area contributed by atoms with Gasteiger partial charge in [-0.15, -0.1) is 0 Å². The van der Waals surface area contributed by atoms with Crippen LogP contribution in [-0.4, -0.2) is 45.5 Å². The molecule has 36 heavy (non-hydrogen) atoms. The van der Waals surface area contributed by atoms with E-state index in [0.29, 0.717) is 22.1 Å². The molecule has 0 radical (unpaired) electrons. The first-order valence-electron chi connectivity index (χ1n) is 10.8. The van der Waals surface area contributed by atoms with E-state index in [4.69, 9.17) is 11.6 Å². The molecule has 0 fully saturated rings. The number of carbonyl (C=O) groups is 1. The second kappa shape index (κ2) is 11.2. The van der Waals surface area contributed by atoms with Crippen LogP contribution in [0.25, 0.3) is 0 Å². The van der Waals surface area contributed by atoms with Gasteiger partial charge in [-0.2, -0.15) is 0 Å². The number of nitrogens with one attached hydrogen (secondary N) is 2. The lowest BCUT2D eigenvalue weighted by atomic mass is 10.2. The van der Waals surface area contributed by atoms with Crippen molar-refractivity contribution in [2.24, 2.45) is 0 Å². The molecule has 0 saturated heterocycles. The number of carbonyl (C=O) groups excluding carboxylic acids is 1. The number of amides is 1. The van der Waals surface area contributed by atoms with Gasteiger partial charge in [-0.05, 0) is 68.3 Å². The van der Waals surface area contributed by atoms with E-state index < -0.39 is 20.0 Å². The summed E-state index contributed by atoms with van der Waals surface area (Å²) < 4.78 is 53.3. The molecule has 1 amide bonds. The Morgan fingerprint density at radius 1 is 1.03 bits per heavy atom. The number of aromatic nitrogens is 2. The predicted molar refractivity (Wildman–Crippen MR) is 140 cm³/mol. The molecule has 3 rings (SSSR count).